The lowest BCUT2D eigenvalue weighted by molar-refractivity contribution is -0.138. The van der Waals surface area contributed by atoms with E-state index in [4.69, 9.17) is 0 Å². The number of anilines is 1. The summed E-state index contributed by atoms with van der Waals surface area (Å²) >= 11 is 1.38. The number of benzene rings is 1. The molecule has 0 aliphatic carbocycles. The van der Waals surface area contributed by atoms with Crippen LogP contribution in [-0.2, 0) is 17.4 Å². The molecule has 0 fully saturated rings. The quantitative estimate of drug-likeness (QED) is 0.713. The molecule has 0 radical (unpaired) electrons. The molecule has 25 heavy (non-hydrogen) atoms. The van der Waals surface area contributed by atoms with Gasteiger partial charge in [-0.25, -0.2) is 4.98 Å². The van der Waals surface area contributed by atoms with Crippen LogP contribution in [0.3, 0.4) is 0 Å². The highest BCUT2D eigenvalue weighted by molar-refractivity contribution is 7.13. The van der Waals surface area contributed by atoms with Crippen molar-refractivity contribution in [2.75, 3.05) is 5.32 Å². The van der Waals surface area contributed by atoms with Gasteiger partial charge >= 0.3 is 6.18 Å². The topological polar surface area (TPSA) is 70.7 Å². The van der Waals surface area contributed by atoms with Crippen molar-refractivity contribution in [3.05, 3.63) is 53.2 Å². The molecular formula is C16H13F3N4OS. The monoisotopic (exact) mass is 366 g/mol. The van der Waals surface area contributed by atoms with Crippen molar-refractivity contribution in [1.29, 1.82) is 0 Å². The molecule has 2 aromatic heterocycles. The molecule has 0 saturated carbocycles. The van der Waals surface area contributed by atoms with Gasteiger partial charge in [0, 0.05) is 18.0 Å². The summed E-state index contributed by atoms with van der Waals surface area (Å²) in [6.45, 7) is 0. The second-order valence-corrected chi connectivity index (χ2v) is 6.09. The Morgan fingerprint density at radius 2 is 2.08 bits per heavy atom. The molecule has 9 heteroatoms. The summed E-state index contributed by atoms with van der Waals surface area (Å²) in [5.41, 5.74) is 0.398. The number of thiazole rings is 1. The van der Waals surface area contributed by atoms with Crippen LogP contribution in [0.15, 0.2) is 42.0 Å². The third-order valence-corrected chi connectivity index (χ3v) is 4.29. The Kier molecular flexibility index (Phi) is 4.84. The van der Waals surface area contributed by atoms with Gasteiger partial charge in [0.15, 0.2) is 0 Å². The van der Waals surface area contributed by atoms with Crippen LogP contribution >= 0.6 is 11.3 Å². The normalized spacial score (nSPS) is 11.5. The fourth-order valence-corrected chi connectivity index (χ4v) is 3.01. The molecule has 0 aliphatic rings. The lowest BCUT2D eigenvalue weighted by atomic mass is 10.0. The zero-order chi connectivity index (χ0) is 17.9. The van der Waals surface area contributed by atoms with E-state index in [9.17, 15) is 18.0 Å². The van der Waals surface area contributed by atoms with Crippen molar-refractivity contribution < 1.29 is 18.0 Å². The van der Waals surface area contributed by atoms with Crippen LogP contribution in [0, 0.1) is 0 Å². The first kappa shape index (κ1) is 17.2. The van der Waals surface area contributed by atoms with E-state index >= 15 is 0 Å². The summed E-state index contributed by atoms with van der Waals surface area (Å²) in [6, 6.07) is 5.26. The van der Waals surface area contributed by atoms with Crippen molar-refractivity contribution in [2.45, 2.75) is 19.0 Å². The van der Waals surface area contributed by atoms with E-state index in [1.807, 2.05) is 0 Å². The Morgan fingerprint density at radius 3 is 2.80 bits per heavy atom. The maximum Gasteiger partial charge on any atom is 0.416 e. The van der Waals surface area contributed by atoms with Gasteiger partial charge in [-0.15, -0.1) is 11.3 Å². The molecule has 5 nitrogen and oxygen atoms in total. The highest BCUT2D eigenvalue weighted by Gasteiger charge is 2.32. The number of aromatic nitrogens is 3. The van der Waals surface area contributed by atoms with Crippen LogP contribution in [0.2, 0.25) is 0 Å². The van der Waals surface area contributed by atoms with Crippen LogP contribution in [0.5, 0.6) is 0 Å². The van der Waals surface area contributed by atoms with Gasteiger partial charge in [-0.3, -0.25) is 9.89 Å². The van der Waals surface area contributed by atoms with Crippen molar-refractivity contribution >= 4 is 22.9 Å². The number of alkyl halides is 3. The van der Waals surface area contributed by atoms with Gasteiger partial charge in [-0.05, 0) is 18.1 Å². The number of amides is 1. The number of rotatable bonds is 5. The molecule has 3 aromatic rings. The molecule has 0 aliphatic heterocycles. The largest absolute Gasteiger partial charge is 0.416 e. The summed E-state index contributed by atoms with van der Waals surface area (Å²) < 4.78 is 38.9. The van der Waals surface area contributed by atoms with Crippen LogP contribution in [0.1, 0.15) is 17.5 Å². The summed E-state index contributed by atoms with van der Waals surface area (Å²) in [7, 11) is 0. The van der Waals surface area contributed by atoms with Gasteiger partial charge in [0.05, 0.1) is 17.4 Å². The van der Waals surface area contributed by atoms with Crippen molar-refractivity contribution in [2.24, 2.45) is 0 Å². The Morgan fingerprint density at radius 1 is 1.28 bits per heavy atom. The molecule has 2 heterocycles. The molecule has 2 N–H and O–H groups in total. The van der Waals surface area contributed by atoms with Gasteiger partial charge in [0.25, 0.3) is 0 Å². The maximum absolute atomic E-state index is 13.0. The molecule has 1 aromatic carbocycles. The van der Waals surface area contributed by atoms with Gasteiger partial charge in [-0.2, -0.15) is 18.3 Å². The molecule has 0 bridgehead atoms. The van der Waals surface area contributed by atoms with Crippen molar-refractivity contribution in [1.82, 2.24) is 15.2 Å². The fraction of sp³-hybridized carbons (Fsp3) is 0.188. The first-order valence-corrected chi connectivity index (χ1v) is 8.21. The van der Waals surface area contributed by atoms with E-state index in [1.54, 1.807) is 11.6 Å². The predicted molar refractivity (Wildman–Crippen MR) is 88.1 cm³/mol. The van der Waals surface area contributed by atoms with Crippen LogP contribution in [-0.4, -0.2) is 21.1 Å². The molecule has 0 spiro atoms. The number of H-pyrrole nitrogens is 1. The lowest BCUT2D eigenvalue weighted by Crippen LogP contribution is -2.14. The summed E-state index contributed by atoms with van der Waals surface area (Å²) in [6.07, 6.45) is -1.45. The SMILES string of the molecule is O=C(CCc1ccccc1C(F)(F)F)Nc1cn[nH]c1-c1nccs1. The van der Waals surface area contributed by atoms with E-state index in [0.717, 1.165) is 6.07 Å². The molecule has 0 atom stereocenters. The first-order valence-electron chi connectivity index (χ1n) is 7.33. The smallest absolute Gasteiger partial charge is 0.323 e. The zero-order valence-corrected chi connectivity index (χ0v) is 13.6. The van der Waals surface area contributed by atoms with Crippen molar-refractivity contribution in [3.8, 4) is 10.7 Å². The summed E-state index contributed by atoms with van der Waals surface area (Å²) in [5.74, 6) is -0.392. The number of nitrogens with one attached hydrogen (secondary N) is 2. The zero-order valence-electron chi connectivity index (χ0n) is 12.8. The van der Waals surface area contributed by atoms with Gasteiger partial charge < -0.3 is 5.32 Å². The molecule has 130 valence electrons. The second kappa shape index (κ2) is 7.06. The standard InChI is InChI=1S/C16H13F3N4OS/c17-16(18,19)11-4-2-1-3-10(11)5-6-13(24)22-12-9-21-23-14(12)15-20-7-8-25-15/h1-4,7-9H,5-6H2,(H,21,23)(H,22,24). The van der Waals surface area contributed by atoms with E-state index < -0.39 is 17.6 Å². The minimum Gasteiger partial charge on any atom is -0.323 e. The average Bonchev–Trinajstić information content (AvgIpc) is 3.23. The average molecular weight is 366 g/mol. The Labute approximate surface area is 144 Å². The number of aromatic amines is 1. The molecule has 0 unspecified atom stereocenters. The number of hydrogen-bond acceptors (Lipinski definition) is 4. The number of hydrogen-bond donors (Lipinski definition) is 2. The van der Waals surface area contributed by atoms with Crippen LogP contribution in [0.4, 0.5) is 18.9 Å². The first-order chi connectivity index (χ1) is 11.9. The number of carbonyl (C=O) groups is 1. The highest BCUT2D eigenvalue weighted by Crippen LogP contribution is 2.32. The molecule has 1 amide bonds. The summed E-state index contributed by atoms with van der Waals surface area (Å²) in [5, 5.41) is 11.7. The van der Waals surface area contributed by atoms with Crippen molar-refractivity contribution in [3.63, 3.8) is 0 Å². The fourth-order valence-electron chi connectivity index (χ4n) is 2.37. The molecule has 3 rings (SSSR count). The van der Waals surface area contributed by atoms with E-state index in [1.165, 1.54) is 35.7 Å². The van der Waals surface area contributed by atoms with E-state index in [2.05, 4.69) is 20.5 Å². The third-order valence-electron chi connectivity index (χ3n) is 3.50. The van der Waals surface area contributed by atoms with Gasteiger partial charge in [-0.1, -0.05) is 18.2 Å². The third kappa shape index (κ3) is 4.05. The highest BCUT2D eigenvalue weighted by atomic mass is 32.1. The maximum atomic E-state index is 13.0. The Hall–Kier alpha value is -2.68. The second-order valence-electron chi connectivity index (χ2n) is 5.20. The molecule has 0 saturated heterocycles. The number of halogens is 3. The van der Waals surface area contributed by atoms with Crippen LogP contribution in [0.25, 0.3) is 10.7 Å². The summed E-state index contributed by atoms with van der Waals surface area (Å²) in [4.78, 5) is 16.2. The number of carbonyl (C=O) groups excluding carboxylic acids is 1. The lowest BCUT2D eigenvalue weighted by Gasteiger charge is -2.12. The van der Waals surface area contributed by atoms with E-state index in [-0.39, 0.29) is 18.4 Å². The predicted octanol–water partition coefficient (Wildman–Crippen LogP) is 4.12. The molecular weight excluding hydrogens is 353 g/mol. The van der Waals surface area contributed by atoms with E-state index in [0.29, 0.717) is 16.4 Å². The van der Waals surface area contributed by atoms with Crippen LogP contribution < -0.4 is 5.32 Å². The number of aryl methyl sites for hydroxylation is 1. The number of nitrogens with zero attached hydrogens (tertiary/aromatic N) is 2. The minimum atomic E-state index is -4.43. The van der Waals surface area contributed by atoms with Gasteiger partial charge in [0.2, 0.25) is 5.91 Å². The van der Waals surface area contributed by atoms with Gasteiger partial charge in [0.1, 0.15) is 10.7 Å². The Bertz CT molecular complexity index is 858. The Balaban J connectivity index is 1.67. The minimum absolute atomic E-state index is 0.00798.